The zero-order chi connectivity index (χ0) is 7.68. The van der Waals surface area contributed by atoms with Crippen LogP contribution in [0.4, 0.5) is 0 Å². The molecule has 1 nitrogen and oxygen atoms in total. The largest absolute Gasteiger partial charge is 0.245 e. The second-order valence-corrected chi connectivity index (χ2v) is 4.25. The third-order valence-corrected chi connectivity index (χ3v) is 3.57. The molecule has 0 aliphatic heterocycles. The summed E-state index contributed by atoms with van der Waals surface area (Å²) in [6.45, 7) is 0. The number of hydrogen-bond acceptors (Lipinski definition) is 2. The van der Waals surface area contributed by atoms with E-state index in [0.29, 0.717) is 5.88 Å². The second kappa shape index (κ2) is 4.45. The predicted octanol–water partition coefficient (Wildman–Crippen LogP) is 3.18. The van der Waals surface area contributed by atoms with Gasteiger partial charge in [-0.2, -0.15) is 0 Å². The van der Waals surface area contributed by atoms with Crippen molar-refractivity contribution in [2.75, 3.05) is 0 Å². The molecule has 1 aromatic heterocycles. The van der Waals surface area contributed by atoms with Crippen LogP contribution in [0, 0.1) is 0 Å². The van der Waals surface area contributed by atoms with Gasteiger partial charge in [0.1, 0.15) is 5.01 Å². The number of alkyl halides is 1. The van der Waals surface area contributed by atoms with Gasteiger partial charge >= 0.3 is 0 Å². The Hall–Kier alpha value is 0.210. The van der Waals surface area contributed by atoms with Crippen molar-refractivity contribution in [2.45, 2.75) is 31.6 Å². The van der Waals surface area contributed by atoms with E-state index in [-0.39, 0.29) is 12.4 Å². The SMILES string of the molecule is Cl.ClCc1nc2c(s1)CCCC2. The fourth-order valence-electron chi connectivity index (χ4n) is 1.46. The summed E-state index contributed by atoms with van der Waals surface area (Å²) in [6.07, 6.45) is 5.03. The monoisotopic (exact) mass is 223 g/mol. The summed E-state index contributed by atoms with van der Waals surface area (Å²) >= 11 is 7.49. The zero-order valence-corrected chi connectivity index (χ0v) is 9.07. The first-order valence-electron chi connectivity index (χ1n) is 3.93. The molecule has 0 radical (unpaired) electrons. The normalized spacial score (nSPS) is 15.1. The highest BCUT2D eigenvalue weighted by molar-refractivity contribution is 7.11. The van der Waals surface area contributed by atoms with Crippen LogP contribution in [0.2, 0.25) is 0 Å². The molecule has 1 aromatic rings. The molecule has 1 aliphatic rings. The summed E-state index contributed by atoms with van der Waals surface area (Å²) < 4.78 is 0. The lowest BCUT2D eigenvalue weighted by atomic mass is 10.0. The first-order chi connectivity index (χ1) is 5.40. The van der Waals surface area contributed by atoms with Gasteiger partial charge in [-0.05, 0) is 25.7 Å². The summed E-state index contributed by atoms with van der Waals surface area (Å²) in [6, 6.07) is 0. The van der Waals surface area contributed by atoms with Crippen LogP contribution in [0.15, 0.2) is 0 Å². The van der Waals surface area contributed by atoms with E-state index in [1.165, 1.54) is 36.3 Å². The van der Waals surface area contributed by atoms with Gasteiger partial charge in [0, 0.05) is 4.88 Å². The standard InChI is InChI=1S/C8H10ClNS.ClH/c9-5-8-10-6-3-1-2-4-7(6)11-8;/h1-5H2;1H. The second-order valence-electron chi connectivity index (χ2n) is 2.82. The summed E-state index contributed by atoms with van der Waals surface area (Å²) in [7, 11) is 0. The quantitative estimate of drug-likeness (QED) is 0.667. The molecule has 0 saturated carbocycles. The summed E-state index contributed by atoms with van der Waals surface area (Å²) in [5.41, 5.74) is 1.32. The minimum absolute atomic E-state index is 0. The minimum Gasteiger partial charge on any atom is -0.245 e. The summed E-state index contributed by atoms with van der Waals surface area (Å²) in [4.78, 5) is 5.93. The van der Waals surface area contributed by atoms with Crippen LogP contribution < -0.4 is 0 Å². The van der Waals surface area contributed by atoms with Crippen molar-refractivity contribution in [1.29, 1.82) is 0 Å². The molecule has 0 aromatic carbocycles. The lowest BCUT2D eigenvalue weighted by Crippen LogP contribution is -1.98. The third kappa shape index (κ3) is 1.93. The highest BCUT2D eigenvalue weighted by Gasteiger charge is 2.13. The molecule has 0 fully saturated rings. The van der Waals surface area contributed by atoms with E-state index in [0.717, 1.165) is 5.01 Å². The average Bonchev–Trinajstić information content (AvgIpc) is 2.46. The molecule has 1 heterocycles. The Balaban J connectivity index is 0.000000720. The third-order valence-electron chi connectivity index (χ3n) is 2.00. The highest BCUT2D eigenvalue weighted by Crippen LogP contribution is 2.27. The molecule has 1 aliphatic carbocycles. The molecule has 0 N–H and O–H groups in total. The molecular weight excluding hydrogens is 213 g/mol. The molecule has 4 heteroatoms. The molecule has 2 rings (SSSR count). The molecule has 0 saturated heterocycles. The van der Waals surface area contributed by atoms with Gasteiger partial charge in [-0.1, -0.05) is 0 Å². The fourth-order valence-corrected chi connectivity index (χ4v) is 2.69. The molecule has 0 bridgehead atoms. The van der Waals surface area contributed by atoms with E-state index in [1.807, 2.05) is 0 Å². The van der Waals surface area contributed by atoms with Crippen molar-refractivity contribution in [3.63, 3.8) is 0 Å². The predicted molar refractivity (Wildman–Crippen MR) is 55.6 cm³/mol. The Morgan fingerprint density at radius 2 is 2.08 bits per heavy atom. The Kier molecular flexibility index (Phi) is 3.81. The van der Waals surface area contributed by atoms with E-state index in [4.69, 9.17) is 11.6 Å². The maximum absolute atomic E-state index is 5.69. The van der Waals surface area contributed by atoms with Gasteiger partial charge in [0.2, 0.25) is 0 Å². The number of fused-ring (bicyclic) bond motifs is 1. The molecule has 0 amide bonds. The van der Waals surface area contributed by atoms with E-state index < -0.39 is 0 Å². The number of halogens is 2. The maximum atomic E-state index is 5.69. The highest BCUT2D eigenvalue weighted by atomic mass is 35.5. The Morgan fingerprint density at radius 3 is 2.75 bits per heavy atom. The number of aryl methyl sites for hydroxylation is 2. The van der Waals surface area contributed by atoms with Gasteiger partial charge in [-0.3, -0.25) is 0 Å². The maximum Gasteiger partial charge on any atom is 0.108 e. The Labute approximate surface area is 87.6 Å². The van der Waals surface area contributed by atoms with Crippen LogP contribution in [-0.4, -0.2) is 4.98 Å². The van der Waals surface area contributed by atoms with E-state index in [9.17, 15) is 0 Å². The molecule has 12 heavy (non-hydrogen) atoms. The zero-order valence-electron chi connectivity index (χ0n) is 6.68. The number of hydrogen-bond donors (Lipinski definition) is 0. The van der Waals surface area contributed by atoms with Gasteiger partial charge in [0.05, 0.1) is 11.6 Å². The molecule has 68 valence electrons. The average molecular weight is 224 g/mol. The Morgan fingerprint density at radius 1 is 1.33 bits per heavy atom. The Bertz CT molecular complexity index is 236. The smallest absolute Gasteiger partial charge is 0.108 e. The van der Waals surface area contributed by atoms with Crippen LogP contribution in [-0.2, 0) is 18.7 Å². The van der Waals surface area contributed by atoms with Gasteiger partial charge < -0.3 is 0 Å². The van der Waals surface area contributed by atoms with E-state index >= 15 is 0 Å². The van der Waals surface area contributed by atoms with Gasteiger partial charge in [-0.25, -0.2) is 4.98 Å². The van der Waals surface area contributed by atoms with Crippen LogP contribution in [0.25, 0.3) is 0 Å². The topological polar surface area (TPSA) is 12.9 Å². The summed E-state index contributed by atoms with van der Waals surface area (Å²) in [5.74, 6) is 0.581. The van der Waals surface area contributed by atoms with Crippen molar-refractivity contribution >= 4 is 35.3 Å². The lowest BCUT2D eigenvalue weighted by Gasteiger charge is -2.06. The number of aromatic nitrogens is 1. The first kappa shape index (κ1) is 10.3. The van der Waals surface area contributed by atoms with Crippen molar-refractivity contribution in [3.8, 4) is 0 Å². The van der Waals surface area contributed by atoms with Gasteiger partial charge in [0.25, 0.3) is 0 Å². The molecular formula is C8H11Cl2NS. The van der Waals surface area contributed by atoms with Crippen molar-refractivity contribution in [2.24, 2.45) is 0 Å². The number of nitrogens with zero attached hydrogens (tertiary/aromatic N) is 1. The van der Waals surface area contributed by atoms with Crippen LogP contribution >= 0.6 is 35.3 Å². The number of rotatable bonds is 1. The summed E-state index contributed by atoms with van der Waals surface area (Å²) in [5, 5.41) is 1.10. The van der Waals surface area contributed by atoms with E-state index in [1.54, 1.807) is 11.3 Å². The van der Waals surface area contributed by atoms with Gasteiger partial charge in [0.15, 0.2) is 0 Å². The van der Waals surface area contributed by atoms with E-state index in [2.05, 4.69) is 4.98 Å². The lowest BCUT2D eigenvalue weighted by molar-refractivity contribution is 0.681. The van der Waals surface area contributed by atoms with Crippen LogP contribution in [0.3, 0.4) is 0 Å². The van der Waals surface area contributed by atoms with Crippen molar-refractivity contribution in [3.05, 3.63) is 15.6 Å². The van der Waals surface area contributed by atoms with Crippen molar-refractivity contribution < 1.29 is 0 Å². The fraction of sp³-hybridized carbons (Fsp3) is 0.625. The number of thiazole rings is 1. The minimum atomic E-state index is 0. The molecule has 0 spiro atoms. The van der Waals surface area contributed by atoms with Gasteiger partial charge in [-0.15, -0.1) is 35.3 Å². The molecule has 0 atom stereocenters. The first-order valence-corrected chi connectivity index (χ1v) is 5.28. The van der Waals surface area contributed by atoms with Crippen molar-refractivity contribution in [1.82, 2.24) is 4.98 Å². The van der Waals surface area contributed by atoms with Crippen LogP contribution in [0.5, 0.6) is 0 Å². The van der Waals surface area contributed by atoms with Crippen LogP contribution in [0.1, 0.15) is 28.4 Å². The molecule has 0 unspecified atom stereocenters.